The Balaban J connectivity index is 1.64. The van der Waals surface area contributed by atoms with E-state index in [2.05, 4.69) is 0 Å². The number of carbonyl (C=O) groups excluding carboxylic acids is 1. The van der Waals surface area contributed by atoms with E-state index in [4.69, 9.17) is 11.6 Å². The van der Waals surface area contributed by atoms with Gasteiger partial charge in [0.15, 0.2) is 0 Å². The smallest absolute Gasteiger partial charge is 0.254 e. The van der Waals surface area contributed by atoms with Gasteiger partial charge in [-0.1, -0.05) is 54.8 Å². The number of rotatable bonds is 2. The van der Waals surface area contributed by atoms with Crippen molar-refractivity contribution in [2.45, 2.75) is 43.7 Å². The molecule has 0 spiro atoms. The molecule has 3 nitrogen and oxygen atoms in total. The van der Waals surface area contributed by atoms with Crippen molar-refractivity contribution in [3.63, 3.8) is 0 Å². The zero-order valence-electron chi connectivity index (χ0n) is 14.8. The lowest BCUT2D eigenvalue weighted by molar-refractivity contribution is -0.110. The first-order chi connectivity index (χ1) is 12.6. The van der Waals surface area contributed by atoms with Crippen LogP contribution in [-0.4, -0.2) is 28.5 Å². The molecule has 4 heteroatoms. The van der Waals surface area contributed by atoms with Crippen molar-refractivity contribution in [2.24, 2.45) is 5.92 Å². The molecule has 0 bridgehead atoms. The van der Waals surface area contributed by atoms with E-state index in [9.17, 15) is 9.90 Å². The Morgan fingerprint density at radius 2 is 1.73 bits per heavy atom. The van der Waals surface area contributed by atoms with E-state index in [0.717, 1.165) is 31.2 Å². The summed E-state index contributed by atoms with van der Waals surface area (Å²) in [6.07, 6.45) is 4.72. The van der Waals surface area contributed by atoms with Crippen LogP contribution in [0.3, 0.4) is 0 Å². The summed E-state index contributed by atoms with van der Waals surface area (Å²) in [4.78, 5) is 15.1. The highest BCUT2D eigenvalue weighted by Gasteiger charge is 2.50. The van der Waals surface area contributed by atoms with E-state index >= 15 is 0 Å². The number of piperidine rings is 1. The van der Waals surface area contributed by atoms with Gasteiger partial charge in [0.25, 0.3) is 5.91 Å². The van der Waals surface area contributed by atoms with E-state index in [1.165, 1.54) is 0 Å². The van der Waals surface area contributed by atoms with Gasteiger partial charge in [-0.05, 0) is 49.1 Å². The van der Waals surface area contributed by atoms with Crippen LogP contribution in [0.1, 0.15) is 48.0 Å². The Bertz CT molecular complexity index is 776. The van der Waals surface area contributed by atoms with Gasteiger partial charge in [-0.2, -0.15) is 0 Å². The topological polar surface area (TPSA) is 40.5 Å². The summed E-state index contributed by atoms with van der Waals surface area (Å²) in [5, 5.41) is 12.2. The average molecular weight is 370 g/mol. The third kappa shape index (κ3) is 3.04. The van der Waals surface area contributed by atoms with E-state index in [-0.39, 0.29) is 17.9 Å². The first kappa shape index (κ1) is 17.6. The van der Waals surface area contributed by atoms with Crippen LogP contribution >= 0.6 is 11.6 Å². The molecule has 0 radical (unpaired) electrons. The molecule has 0 aromatic heterocycles. The first-order valence-corrected chi connectivity index (χ1v) is 9.82. The SMILES string of the molecule is O=C(c1ccc(Cl)cc1)N1CCC(O)(c2ccccc2)[C@H]2CCCC[C@H]21. The summed E-state index contributed by atoms with van der Waals surface area (Å²) >= 11 is 5.96. The van der Waals surface area contributed by atoms with Crippen molar-refractivity contribution in [1.29, 1.82) is 0 Å². The van der Waals surface area contributed by atoms with Crippen LogP contribution in [0.15, 0.2) is 54.6 Å². The molecule has 1 heterocycles. The highest BCUT2D eigenvalue weighted by atomic mass is 35.5. The van der Waals surface area contributed by atoms with Crippen LogP contribution in [-0.2, 0) is 5.60 Å². The van der Waals surface area contributed by atoms with Crippen LogP contribution in [0, 0.1) is 5.92 Å². The number of halogens is 1. The maximum atomic E-state index is 13.1. The molecule has 1 aliphatic heterocycles. The summed E-state index contributed by atoms with van der Waals surface area (Å²) in [6, 6.07) is 17.2. The van der Waals surface area contributed by atoms with Crippen molar-refractivity contribution in [2.75, 3.05) is 6.54 Å². The molecule has 2 aliphatic rings. The fourth-order valence-corrected chi connectivity index (χ4v) is 4.91. The second-order valence-electron chi connectivity index (χ2n) is 7.50. The number of carbonyl (C=O) groups is 1. The maximum Gasteiger partial charge on any atom is 0.254 e. The first-order valence-electron chi connectivity index (χ1n) is 9.44. The second kappa shape index (κ2) is 7.05. The van der Waals surface area contributed by atoms with Gasteiger partial charge in [0, 0.05) is 29.1 Å². The number of amides is 1. The van der Waals surface area contributed by atoms with Gasteiger partial charge in [-0.15, -0.1) is 0 Å². The van der Waals surface area contributed by atoms with E-state index in [1.807, 2.05) is 35.2 Å². The number of benzene rings is 2. The Morgan fingerprint density at radius 3 is 2.46 bits per heavy atom. The van der Waals surface area contributed by atoms with Gasteiger partial charge < -0.3 is 10.0 Å². The van der Waals surface area contributed by atoms with Crippen LogP contribution in [0.5, 0.6) is 0 Å². The molecule has 1 aliphatic carbocycles. The molecule has 3 atom stereocenters. The molecule has 1 amide bonds. The van der Waals surface area contributed by atoms with Crippen LogP contribution in [0.2, 0.25) is 5.02 Å². The molecule has 2 fully saturated rings. The number of nitrogens with zero attached hydrogens (tertiary/aromatic N) is 1. The van der Waals surface area contributed by atoms with Gasteiger partial charge in [0.05, 0.1) is 5.60 Å². The minimum atomic E-state index is -0.844. The fourth-order valence-electron chi connectivity index (χ4n) is 4.78. The van der Waals surface area contributed by atoms with Crippen LogP contribution < -0.4 is 0 Å². The summed E-state index contributed by atoms with van der Waals surface area (Å²) in [7, 11) is 0. The fraction of sp³-hybridized carbons (Fsp3) is 0.409. The normalized spacial score (nSPS) is 28.5. The molecule has 1 N–H and O–H groups in total. The van der Waals surface area contributed by atoms with Crippen molar-refractivity contribution in [3.8, 4) is 0 Å². The minimum Gasteiger partial charge on any atom is -0.385 e. The van der Waals surface area contributed by atoms with Crippen LogP contribution in [0.25, 0.3) is 0 Å². The molecule has 2 aromatic rings. The van der Waals surface area contributed by atoms with Gasteiger partial charge >= 0.3 is 0 Å². The number of fused-ring (bicyclic) bond motifs is 1. The lowest BCUT2D eigenvalue weighted by Crippen LogP contribution is -2.58. The Labute approximate surface area is 159 Å². The second-order valence-corrected chi connectivity index (χ2v) is 7.94. The number of hydrogen-bond acceptors (Lipinski definition) is 2. The Hall–Kier alpha value is -1.84. The molecule has 4 rings (SSSR count). The standard InChI is InChI=1S/C22H24ClNO2/c23-18-12-10-16(11-13-18)21(25)24-15-14-22(26,17-6-2-1-3-7-17)19-8-4-5-9-20(19)24/h1-3,6-7,10-13,19-20,26H,4-5,8-9,14-15H2/t19-,20+,22?/m0/s1. The number of hydrogen-bond donors (Lipinski definition) is 1. The predicted molar refractivity (Wildman–Crippen MR) is 103 cm³/mol. The van der Waals surface area contributed by atoms with E-state index in [0.29, 0.717) is 23.6 Å². The van der Waals surface area contributed by atoms with Crippen LogP contribution in [0.4, 0.5) is 0 Å². The predicted octanol–water partition coefficient (Wildman–Crippen LogP) is 4.63. The highest BCUT2D eigenvalue weighted by molar-refractivity contribution is 6.30. The Kier molecular flexibility index (Phi) is 4.76. The summed E-state index contributed by atoms with van der Waals surface area (Å²) in [5.74, 6) is 0.136. The average Bonchev–Trinajstić information content (AvgIpc) is 2.69. The van der Waals surface area contributed by atoms with Crippen molar-refractivity contribution < 1.29 is 9.90 Å². The summed E-state index contributed by atoms with van der Waals surface area (Å²) < 4.78 is 0. The lowest BCUT2D eigenvalue weighted by atomic mass is 9.66. The van der Waals surface area contributed by atoms with E-state index in [1.54, 1.807) is 24.3 Å². The van der Waals surface area contributed by atoms with Crippen molar-refractivity contribution >= 4 is 17.5 Å². The van der Waals surface area contributed by atoms with Crippen molar-refractivity contribution in [1.82, 2.24) is 4.90 Å². The zero-order chi connectivity index (χ0) is 18.1. The third-order valence-corrected chi connectivity index (χ3v) is 6.35. The number of likely N-dealkylation sites (tertiary alicyclic amines) is 1. The van der Waals surface area contributed by atoms with Gasteiger partial charge in [0.2, 0.25) is 0 Å². The van der Waals surface area contributed by atoms with Gasteiger partial charge in [0.1, 0.15) is 0 Å². The molecule has 2 aromatic carbocycles. The quantitative estimate of drug-likeness (QED) is 0.838. The third-order valence-electron chi connectivity index (χ3n) is 6.10. The lowest BCUT2D eigenvalue weighted by Gasteiger charge is -2.52. The minimum absolute atomic E-state index is 0.0497. The molecule has 1 saturated heterocycles. The zero-order valence-corrected chi connectivity index (χ0v) is 15.5. The highest BCUT2D eigenvalue weighted by Crippen LogP contribution is 2.47. The summed E-state index contributed by atoms with van der Waals surface area (Å²) in [5.41, 5.74) is 0.808. The van der Waals surface area contributed by atoms with Gasteiger partial charge in [-0.3, -0.25) is 4.79 Å². The molecule has 1 unspecified atom stereocenters. The van der Waals surface area contributed by atoms with Crippen molar-refractivity contribution in [3.05, 3.63) is 70.7 Å². The molecular formula is C22H24ClNO2. The largest absolute Gasteiger partial charge is 0.385 e. The maximum absolute atomic E-state index is 13.1. The molecular weight excluding hydrogens is 346 g/mol. The molecule has 26 heavy (non-hydrogen) atoms. The molecule has 136 valence electrons. The number of aliphatic hydroxyl groups is 1. The summed E-state index contributed by atoms with van der Waals surface area (Å²) in [6.45, 7) is 0.577. The molecule has 1 saturated carbocycles. The monoisotopic (exact) mass is 369 g/mol. The van der Waals surface area contributed by atoms with Gasteiger partial charge in [-0.25, -0.2) is 0 Å². The van der Waals surface area contributed by atoms with E-state index < -0.39 is 5.60 Å². The Morgan fingerprint density at radius 1 is 1.04 bits per heavy atom.